The Hall–Kier alpha value is -2.37. The minimum Gasteiger partial charge on any atom is -0.455 e. The van der Waals surface area contributed by atoms with Gasteiger partial charge in [0.15, 0.2) is 6.61 Å². The van der Waals surface area contributed by atoms with Crippen LogP contribution in [0.4, 0.5) is 5.69 Å². The Bertz CT molecular complexity index is 760. The second-order valence-corrected chi connectivity index (χ2v) is 8.87. The second-order valence-electron chi connectivity index (χ2n) is 8.87. The molecule has 6 nitrogen and oxygen atoms in total. The molecule has 1 aromatic rings. The number of nitrogens with zero attached hydrogens (tertiary/aromatic N) is 2. The predicted octanol–water partition coefficient (Wildman–Crippen LogP) is 2.79. The average Bonchev–Trinajstić information content (AvgIpc) is 3.00. The summed E-state index contributed by atoms with van der Waals surface area (Å²) >= 11 is 0. The molecule has 3 rings (SSSR count). The Balaban J connectivity index is 1.50. The van der Waals surface area contributed by atoms with E-state index >= 15 is 0 Å². The van der Waals surface area contributed by atoms with Crippen molar-refractivity contribution in [3.8, 4) is 0 Å². The van der Waals surface area contributed by atoms with E-state index in [0.29, 0.717) is 25.9 Å². The van der Waals surface area contributed by atoms with Crippen molar-refractivity contribution in [1.82, 2.24) is 4.90 Å². The molecule has 1 aromatic carbocycles. The molecule has 0 spiro atoms. The van der Waals surface area contributed by atoms with Gasteiger partial charge in [-0.05, 0) is 37.8 Å². The van der Waals surface area contributed by atoms with Gasteiger partial charge in [0.25, 0.3) is 5.91 Å². The van der Waals surface area contributed by atoms with Crippen LogP contribution in [0.2, 0.25) is 0 Å². The number of para-hydroxylation sites is 1. The topological polar surface area (TPSA) is 66.9 Å². The Labute approximate surface area is 166 Å². The zero-order chi connectivity index (χ0) is 20.5. The van der Waals surface area contributed by atoms with E-state index in [2.05, 4.69) is 0 Å². The summed E-state index contributed by atoms with van der Waals surface area (Å²) in [7, 11) is 0. The number of likely N-dealkylation sites (tertiary alicyclic amines) is 1. The highest BCUT2D eigenvalue weighted by molar-refractivity contribution is 5.97. The molecule has 1 atom stereocenters. The second kappa shape index (κ2) is 7.94. The number of rotatable bonds is 3. The number of carbonyl (C=O) groups excluding carboxylic acids is 3. The smallest absolute Gasteiger partial charge is 0.309 e. The molecule has 0 N–H and O–H groups in total. The van der Waals surface area contributed by atoms with Gasteiger partial charge in [-0.15, -0.1) is 0 Å². The number of benzene rings is 1. The van der Waals surface area contributed by atoms with Gasteiger partial charge in [0.05, 0.1) is 5.92 Å². The van der Waals surface area contributed by atoms with Crippen molar-refractivity contribution < 1.29 is 19.1 Å². The SMILES string of the molecule is CC1Cc2ccccc2N1C(=O)COC(=O)C1CCN(C(=O)C(C)(C)C)CC1. The highest BCUT2D eigenvalue weighted by Crippen LogP contribution is 2.32. The van der Waals surface area contributed by atoms with Crippen molar-refractivity contribution in [1.29, 1.82) is 0 Å². The Morgan fingerprint density at radius 1 is 1.11 bits per heavy atom. The molecule has 2 amide bonds. The van der Waals surface area contributed by atoms with Crippen LogP contribution in [0.5, 0.6) is 0 Å². The normalized spacial score (nSPS) is 20.1. The van der Waals surface area contributed by atoms with Crippen molar-refractivity contribution in [3.63, 3.8) is 0 Å². The van der Waals surface area contributed by atoms with E-state index in [1.807, 2.05) is 56.9 Å². The van der Waals surface area contributed by atoms with Crippen molar-refractivity contribution in [2.45, 2.75) is 53.0 Å². The van der Waals surface area contributed by atoms with E-state index in [1.54, 1.807) is 4.90 Å². The van der Waals surface area contributed by atoms with Gasteiger partial charge in [0.2, 0.25) is 5.91 Å². The van der Waals surface area contributed by atoms with E-state index in [0.717, 1.165) is 17.7 Å². The molecule has 2 aliphatic heterocycles. The summed E-state index contributed by atoms with van der Waals surface area (Å²) in [6, 6.07) is 7.90. The largest absolute Gasteiger partial charge is 0.455 e. The van der Waals surface area contributed by atoms with E-state index < -0.39 is 5.41 Å². The first-order valence-electron chi connectivity index (χ1n) is 10.0. The minimum absolute atomic E-state index is 0.0650. The zero-order valence-corrected chi connectivity index (χ0v) is 17.2. The van der Waals surface area contributed by atoms with Crippen molar-refractivity contribution >= 4 is 23.5 Å². The number of ether oxygens (including phenoxy) is 1. The van der Waals surface area contributed by atoms with E-state index in [9.17, 15) is 14.4 Å². The summed E-state index contributed by atoms with van der Waals surface area (Å²) < 4.78 is 5.35. The molecule has 1 saturated heterocycles. The van der Waals surface area contributed by atoms with Crippen LogP contribution < -0.4 is 4.90 Å². The number of fused-ring (bicyclic) bond motifs is 1. The lowest BCUT2D eigenvalue weighted by Gasteiger charge is -2.35. The number of anilines is 1. The zero-order valence-electron chi connectivity index (χ0n) is 17.2. The van der Waals surface area contributed by atoms with Gasteiger partial charge in [0, 0.05) is 30.2 Å². The summed E-state index contributed by atoms with van der Waals surface area (Å²) in [5.41, 5.74) is 1.64. The Morgan fingerprint density at radius 2 is 1.75 bits per heavy atom. The van der Waals surface area contributed by atoms with Gasteiger partial charge in [-0.1, -0.05) is 39.0 Å². The Kier molecular flexibility index (Phi) is 5.77. The summed E-state index contributed by atoms with van der Waals surface area (Å²) in [6.07, 6.45) is 1.98. The molecule has 6 heteroatoms. The number of piperidine rings is 1. The van der Waals surface area contributed by atoms with Gasteiger partial charge in [-0.25, -0.2) is 0 Å². The van der Waals surface area contributed by atoms with Crippen LogP contribution in [-0.4, -0.2) is 48.4 Å². The maximum Gasteiger partial charge on any atom is 0.309 e. The fraction of sp³-hybridized carbons (Fsp3) is 0.591. The summed E-state index contributed by atoms with van der Waals surface area (Å²) in [5.74, 6) is -0.668. The third-order valence-corrected chi connectivity index (χ3v) is 5.57. The lowest BCUT2D eigenvalue weighted by molar-refractivity contribution is -0.155. The molecule has 0 aliphatic carbocycles. The summed E-state index contributed by atoms with van der Waals surface area (Å²) in [6.45, 7) is 8.58. The maximum atomic E-state index is 12.7. The number of esters is 1. The third-order valence-electron chi connectivity index (χ3n) is 5.57. The van der Waals surface area contributed by atoms with E-state index in [-0.39, 0.29) is 36.4 Å². The monoisotopic (exact) mass is 386 g/mol. The van der Waals surface area contributed by atoms with E-state index in [1.165, 1.54) is 0 Å². The number of hydrogen-bond donors (Lipinski definition) is 0. The molecule has 0 aromatic heterocycles. The first-order valence-corrected chi connectivity index (χ1v) is 10.0. The molecular weight excluding hydrogens is 356 g/mol. The minimum atomic E-state index is -0.414. The quantitative estimate of drug-likeness (QED) is 0.749. The number of hydrogen-bond acceptors (Lipinski definition) is 4. The van der Waals surface area contributed by atoms with Crippen molar-refractivity contribution in [2.75, 3.05) is 24.6 Å². The van der Waals surface area contributed by atoms with Crippen LogP contribution >= 0.6 is 0 Å². The maximum absolute atomic E-state index is 12.7. The molecular formula is C22H30N2O4. The van der Waals surface area contributed by atoms with Gasteiger partial charge in [-0.2, -0.15) is 0 Å². The molecule has 1 fully saturated rings. The summed E-state index contributed by atoms with van der Waals surface area (Å²) in [5, 5.41) is 0. The molecule has 0 bridgehead atoms. The van der Waals surface area contributed by atoms with Gasteiger partial charge in [0.1, 0.15) is 0 Å². The van der Waals surface area contributed by atoms with Crippen LogP contribution in [0.15, 0.2) is 24.3 Å². The van der Waals surface area contributed by atoms with Crippen LogP contribution in [0.1, 0.15) is 46.1 Å². The van der Waals surface area contributed by atoms with Gasteiger partial charge < -0.3 is 14.5 Å². The van der Waals surface area contributed by atoms with Crippen LogP contribution in [0.25, 0.3) is 0 Å². The van der Waals surface area contributed by atoms with Crippen LogP contribution in [0.3, 0.4) is 0 Å². The first-order chi connectivity index (χ1) is 13.2. The first kappa shape index (κ1) is 20.4. The fourth-order valence-electron chi connectivity index (χ4n) is 4.06. The molecule has 0 saturated carbocycles. The standard InChI is InChI=1S/C22H30N2O4/c1-15-13-17-7-5-6-8-18(17)24(15)19(25)14-28-20(26)16-9-11-23(12-10-16)21(27)22(2,3)4/h5-8,15-16H,9-14H2,1-4H3. The number of carbonyl (C=O) groups is 3. The van der Waals surface area contributed by atoms with Gasteiger partial charge in [-0.3, -0.25) is 14.4 Å². The molecule has 28 heavy (non-hydrogen) atoms. The van der Waals surface area contributed by atoms with Crippen molar-refractivity contribution in [3.05, 3.63) is 29.8 Å². The average molecular weight is 386 g/mol. The summed E-state index contributed by atoms with van der Waals surface area (Å²) in [4.78, 5) is 41.0. The van der Waals surface area contributed by atoms with Crippen molar-refractivity contribution in [2.24, 2.45) is 11.3 Å². The molecule has 1 unspecified atom stereocenters. The highest BCUT2D eigenvalue weighted by atomic mass is 16.5. The molecule has 0 radical (unpaired) electrons. The number of amides is 2. The molecule has 2 aliphatic rings. The van der Waals surface area contributed by atoms with Crippen LogP contribution in [0, 0.1) is 11.3 Å². The highest BCUT2D eigenvalue weighted by Gasteiger charge is 2.34. The fourth-order valence-corrected chi connectivity index (χ4v) is 4.06. The van der Waals surface area contributed by atoms with Crippen LogP contribution in [-0.2, 0) is 25.5 Å². The van der Waals surface area contributed by atoms with Gasteiger partial charge >= 0.3 is 5.97 Å². The predicted molar refractivity (Wildman–Crippen MR) is 107 cm³/mol. The lowest BCUT2D eigenvalue weighted by Crippen LogP contribution is -2.45. The van der Waals surface area contributed by atoms with E-state index in [4.69, 9.17) is 4.74 Å². The molecule has 2 heterocycles. The molecule has 152 valence electrons. The Morgan fingerprint density at radius 3 is 2.39 bits per heavy atom. The third kappa shape index (κ3) is 4.21. The lowest BCUT2D eigenvalue weighted by atomic mass is 9.91.